The monoisotopic (exact) mass is 304 g/mol. The molecule has 1 unspecified atom stereocenters. The van der Waals surface area contributed by atoms with Crippen molar-refractivity contribution < 1.29 is 0 Å². The zero-order valence-corrected chi connectivity index (χ0v) is 13.2. The highest BCUT2D eigenvalue weighted by atomic mass is 15.0. The van der Waals surface area contributed by atoms with Gasteiger partial charge in [0.15, 0.2) is 0 Å². The first-order valence-corrected chi connectivity index (χ1v) is 8.09. The van der Waals surface area contributed by atoms with Crippen molar-refractivity contribution in [2.24, 2.45) is 0 Å². The number of para-hydroxylation sites is 2. The van der Waals surface area contributed by atoms with Gasteiger partial charge >= 0.3 is 0 Å². The van der Waals surface area contributed by atoms with E-state index in [4.69, 9.17) is 10.7 Å². The molecule has 1 aliphatic carbocycles. The molecular formula is C19H20N4. The molecule has 0 amide bonds. The summed E-state index contributed by atoms with van der Waals surface area (Å²) in [5.41, 5.74) is 12.2. The minimum atomic E-state index is 0.272. The molecule has 0 aliphatic heterocycles. The van der Waals surface area contributed by atoms with Gasteiger partial charge in [0.05, 0.1) is 22.8 Å². The summed E-state index contributed by atoms with van der Waals surface area (Å²) in [6, 6.07) is 14.5. The maximum atomic E-state index is 5.92. The van der Waals surface area contributed by atoms with Crippen molar-refractivity contribution >= 4 is 22.5 Å². The van der Waals surface area contributed by atoms with Gasteiger partial charge in [0.1, 0.15) is 5.82 Å². The molecule has 116 valence electrons. The highest BCUT2D eigenvalue weighted by Crippen LogP contribution is 2.33. The summed E-state index contributed by atoms with van der Waals surface area (Å²) in [5, 5.41) is 3.60. The fraction of sp³-hybridized carbons (Fsp3) is 0.263. The van der Waals surface area contributed by atoms with Crippen LogP contribution in [-0.4, -0.2) is 9.97 Å². The van der Waals surface area contributed by atoms with Gasteiger partial charge in [-0.3, -0.25) is 0 Å². The number of aryl methyl sites for hydroxylation is 2. The molecule has 23 heavy (non-hydrogen) atoms. The van der Waals surface area contributed by atoms with Crippen LogP contribution in [0.1, 0.15) is 35.7 Å². The van der Waals surface area contributed by atoms with E-state index in [1.807, 2.05) is 37.3 Å². The average molecular weight is 304 g/mol. The summed E-state index contributed by atoms with van der Waals surface area (Å²) in [5.74, 6) is 0.873. The van der Waals surface area contributed by atoms with E-state index in [0.29, 0.717) is 0 Å². The van der Waals surface area contributed by atoms with E-state index in [-0.39, 0.29) is 6.04 Å². The molecule has 3 N–H and O–H groups in total. The maximum absolute atomic E-state index is 5.92. The Morgan fingerprint density at radius 3 is 2.70 bits per heavy atom. The van der Waals surface area contributed by atoms with Gasteiger partial charge in [0, 0.05) is 5.69 Å². The molecule has 3 aromatic rings. The lowest BCUT2D eigenvalue weighted by atomic mass is 9.87. The highest BCUT2D eigenvalue weighted by Gasteiger charge is 2.21. The molecule has 4 rings (SSSR count). The number of rotatable bonds is 2. The lowest BCUT2D eigenvalue weighted by Crippen LogP contribution is -2.19. The number of nitrogens with one attached hydrogen (secondary N) is 1. The molecule has 1 aliphatic rings. The molecule has 1 aromatic heterocycles. The quantitative estimate of drug-likeness (QED) is 0.702. The molecule has 0 bridgehead atoms. The summed E-state index contributed by atoms with van der Waals surface area (Å²) < 4.78 is 0. The number of fused-ring (bicyclic) bond motifs is 2. The zero-order valence-electron chi connectivity index (χ0n) is 13.2. The van der Waals surface area contributed by atoms with Crippen molar-refractivity contribution in [3.05, 3.63) is 59.3 Å². The first-order valence-electron chi connectivity index (χ1n) is 8.09. The standard InChI is InChI=1S/C19H20N4/c1-12-19(23-18-7-3-2-6-17(18)21-12)22-16-8-4-5-13-11-14(20)9-10-15(13)16/h2-3,6-7,9-11,16H,4-5,8,20H2,1H3,(H,22,23). The fourth-order valence-electron chi connectivity index (χ4n) is 3.37. The van der Waals surface area contributed by atoms with Crippen LogP contribution >= 0.6 is 0 Å². The van der Waals surface area contributed by atoms with Crippen LogP contribution in [-0.2, 0) is 6.42 Å². The van der Waals surface area contributed by atoms with Gasteiger partial charge < -0.3 is 11.1 Å². The Morgan fingerprint density at radius 1 is 1.09 bits per heavy atom. The van der Waals surface area contributed by atoms with E-state index >= 15 is 0 Å². The predicted molar refractivity (Wildman–Crippen MR) is 94.4 cm³/mol. The van der Waals surface area contributed by atoms with Gasteiger partial charge in [0.2, 0.25) is 0 Å². The second kappa shape index (κ2) is 5.54. The van der Waals surface area contributed by atoms with Gasteiger partial charge in [-0.1, -0.05) is 18.2 Å². The summed E-state index contributed by atoms with van der Waals surface area (Å²) in [7, 11) is 0. The van der Waals surface area contributed by atoms with Crippen LogP contribution in [0.2, 0.25) is 0 Å². The number of nitrogens with two attached hydrogens (primary N) is 1. The predicted octanol–water partition coefficient (Wildman–Crippen LogP) is 4.01. The molecule has 0 fully saturated rings. The Labute approximate surface area is 135 Å². The van der Waals surface area contributed by atoms with E-state index < -0.39 is 0 Å². The Morgan fingerprint density at radius 2 is 1.87 bits per heavy atom. The van der Waals surface area contributed by atoms with E-state index in [2.05, 4.69) is 22.4 Å². The van der Waals surface area contributed by atoms with Gasteiger partial charge in [-0.05, 0) is 61.6 Å². The number of nitrogens with zero attached hydrogens (tertiary/aromatic N) is 2. The smallest absolute Gasteiger partial charge is 0.148 e. The Balaban J connectivity index is 1.70. The van der Waals surface area contributed by atoms with Crippen molar-refractivity contribution in [2.75, 3.05) is 11.1 Å². The zero-order chi connectivity index (χ0) is 15.8. The van der Waals surface area contributed by atoms with Crippen LogP contribution in [0.25, 0.3) is 11.0 Å². The van der Waals surface area contributed by atoms with E-state index in [1.165, 1.54) is 11.1 Å². The maximum Gasteiger partial charge on any atom is 0.148 e. The third-order valence-corrected chi connectivity index (χ3v) is 4.54. The topological polar surface area (TPSA) is 63.8 Å². The molecule has 1 heterocycles. The van der Waals surface area contributed by atoms with Crippen LogP contribution in [0.3, 0.4) is 0 Å². The second-order valence-corrected chi connectivity index (χ2v) is 6.19. The fourth-order valence-corrected chi connectivity index (χ4v) is 3.37. The molecule has 0 saturated heterocycles. The van der Waals surface area contributed by atoms with Gasteiger partial charge in [-0.25, -0.2) is 9.97 Å². The number of anilines is 2. The molecule has 0 spiro atoms. The third-order valence-electron chi connectivity index (χ3n) is 4.54. The van der Waals surface area contributed by atoms with E-state index in [9.17, 15) is 0 Å². The summed E-state index contributed by atoms with van der Waals surface area (Å²) >= 11 is 0. The van der Waals surface area contributed by atoms with Crippen LogP contribution in [0.5, 0.6) is 0 Å². The number of hydrogen-bond acceptors (Lipinski definition) is 4. The minimum absolute atomic E-state index is 0.272. The van der Waals surface area contributed by atoms with Crippen molar-refractivity contribution in [1.82, 2.24) is 9.97 Å². The van der Waals surface area contributed by atoms with Crippen molar-refractivity contribution in [3.63, 3.8) is 0 Å². The van der Waals surface area contributed by atoms with Crippen LogP contribution in [0.15, 0.2) is 42.5 Å². The molecule has 0 radical (unpaired) electrons. The Bertz CT molecular complexity index is 872. The van der Waals surface area contributed by atoms with E-state index in [1.54, 1.807) is 0 Å². The molecule has 2 aromatic carbocycles. The normalized spacial score (nSPS) is 17.0. The van der Waals surface area contributed by atoms with Gasteiger partial charge in [-0.2, -0.15) is 0 Å². The Kier molecular flexibility index (Phi) is 3.37. The van der Waals surface area contributed by atoms with Crippen molar-refractivity contribution in [2.45, 2.75) is 32.2 Å². The molecule has 4 heteroatoms. The highest BCUT2D eigenvalue weighted by molar-refractivity contribution is 5.76. The Hall–Kier alpha value is -2.62. The van der Waals surface area contributed by atoms with Crippen molar-refractivity contribution in [3.8, 4) is 0 Å². The average Bonchev–Trinajstić information content (AvgIpc) is 2.55. The first-order chi connectivity index (χ1) is 11.2. The SMILES string of the molecule is Cc1nc2ccccc2nc1NC1CCCc2cc(N)ccc21. The number of aromatic nitrogens is 2. The molecular weight excluding hydrogens is 284 g/mol. The number of nitrogen functional groups attached to an aromatic ring is 1. The number of benzene rings is 2. The number of hydrogen-bond donors (Lipinski definition) is 2. The second-order valence-electron chi connectivity index (χ2n) is 6.19. The molecule has 0 saturated carbocycles. The lowest BCUT2D eigenvalue weighted by Gasteiger charge is -2.27. The first kappa shape index (κ1) is 14.0. The van der Waals surface area contributed by atoms with Gasteiger partial charge in [0.25, 0.3) is 0 Å². The lowest BCUT2D eigenvalue weighted by molar-refractivity contribution is 0.598. The van der Waals surface area contributed by atoms with Gasteiger partial charge in [-0.15, -0.1) is 0 Å². The van der Waals surface area contributed by atoms with E-state index in [0.717, 1.165) is 47.5 Å². The van der Waals surface area contributed by atoms with Crippen LogP contribution < -0.4 is 11.1 Å². The minimum Gasteiger partial charge on any atom is -0.399 e. The van der Waals surface area contributed by atoms with Crippen LogP contribution in [0, 0.1) is 6.92 Å². The summed E-state index contributed by atoms with van der Waals surface area (Å²) in [6.07, 6.45) is 3.36. The summed E-state index contributed by atoms with van der Waals surface area (Å²) in [6.45, 7) is 2.01. The molecule has 4 nitrogen and oxygen atoms in total. The largest absolute Gasteiger partial charge is 0.399 e. The molecule has 1 atom stereocenters. The third kappa shape index (κ3) is 2.61. The van der Waals surface area contributed by atoms with Crippen LogP contribution in [0.4, 0.5) is 11.5 Å². The van der Waals surface area contributed by atoms with Crippen molar-refractivity contribution in [1.29, 1.82) is 0 Å². The summed E-state index contributed by atoms with van der Waals surface area (Å²) in [4.78, 5) is 9.43.